The van der Waals surface area contributed by atoms with Crippen LogP contribution in [0.15, 0.2) is 18.2 Å². The van der Waals surface area contributed by atoms with Crippen molar-refractivity contribution in [2.75, 3.05) is 35.8 Å². The molecule has 0 fully saturated rings. The van der Waals surface area contributed by atoms with E-state index >= 15 is 0 Å². The van der Waals surface area contributed by atoms with E-state index in [1.807, 2.05) is 23.1 Å². The van der Waals surface area contributed by atoms with Crippen LogP contribution in [0.25, 0.3) is 0 Å². The molecular formula is C11H13N3O2. The largest absolute Gasteiger partial charge is 0.344 e. The van der Waals surface area contributed by atoms with E-state index in [0.29, 0.717) is 6.54 Å². The Morgan fingerprint density at radius 2 is 2.31 bits per heavy atom. The van der Waals surface area contributed by atoms with E-state index in [1.165, 1.54) is 0 Å². The lowest BCUT2D eigenvalue weighted by molar-refractivity contribution is -0.117. The molecule has 1 aromatic carbocycles. The minimum Gasteiger partial charge on any atom is -0.344 e. The zero-order chi connectivity index (χ0) is 11.3. The van der Waals surface area contributed by atoms with Gasteiger partial charge in [0.1, 0.15) is 6.54 Å². The molecule has 2 heterocycles. The van der Waals surface area contributed by atoms with Gasteiger partial charge in [0.05, 0.1) is 17.1 Å². The Labute approximate surface area is 93.6 Å². The summed E-state index contributed by atoms with van der Waals surface area (Å²) >= 11 is 0. The first-order valence-electron chi connectivity index (χ1n) is 5.18. The standard InChI is InChI=1S/C11H13N3O2/c1-13-8-5-3-4-7-10(8)14(6-9(13)15)11(12-7)16-2/h3-5,11-12H,6H2,1-2H3. The van der Waals surface area contributed by atoms with Crippen LogP contribution >= 0.6 is 0 Å². The van der Waals surface area contributed by atoms with E-state index in [1.54, 1.807) is 19.1 Å². The molecule has 0 aromatic heterocycles. The van der Waals surface area contributed by atoms with Crippen LogP contribution < -0.4 is 15.1 Å². The van der Waals surface area contributed by atoms with Gasteiger partial charge in [-0.2, -0.15) is 0 Å². The van der Waals surface area contributed by atoms with Crippen LogP contribution in [0.4, 0.5) is 17.1 Å². The number of benzene rings is 1. The maximum atomic E-state index is 11.8. The summed E-state index contributed by atoms with van der Waals surface area (Å²) in [5.74, 6) is 0.0791. The summed E-state index contributed by atoms with van der Waals surface area (Å²) in [6, 6.07) is 5.88. The van der Waals surface area contributed by atoms with Crippen LogP contribution in [0, 0.1) is 0 Å². The maximum Gasteiger partial charge on any atom is 0.246 e. The van der Waals surface area contributed by atoms with Crippen LogP contribution in [0.5, 0.6) is 0 Å². The van der Waals surface area contributed by atoms with Gasteiger partial charge in [0, 0.05) is 14.2 Å². The summed E-state index contributed by atoms with van der Waals surface area (Å²) in [5.41, 5.74) is 3.00. The number of para-hydroxylation sites is 1. The van der Waals surface area contributed by atoms with E-state index < -0.39 is 0 Å². The molecule has 2 aliphatic rings. The minimum absolute atomic E-state index is 0.0791. The van der Waals surface area contributed by atoms with E-state index in [9.17, 15) is 4.79 Å². The average Bonchev–Trinajstić information content (AvgIpc) is 2.65. The Bertz CT molecular complexity index is 461. The Morgan fingerprint density at radius 3 is 3.06 bits per heavy atom. The number of hydrogen-bond acceptors (Lipinski definition) is 4. The molecule has 1 atom stereocenters. The molecule has 1 N–H and O–H groups in total. The van der Waals surface area contributed by atoms with Crippen LogP contribution in [-0.4, -0.2) is 33.0 Å². The Balaban J connectivity index is 2.17. The molecule has 5 nitrogen and oxygen atoms in total. The van der Waals surface area contributed by atoms with Crippen molar-refractivity contribution in [2.24, 2.45) is 0 Å². The third-order valence-corrected chi connectivity index (χ3v) is 3.13. The number of nitrogens with one attached hydrogen (secondary N) is 1. The highest BCUT2D eigenvalue weighted by Crippen LogP contribution is 2.44. The number of rotatable bonds is 1. The summed E-state index contributed by atoms with van der Waals surface area (Å²) in [4.78, 5) is 15.5. The van der Waals surface area contributed by atoms with Gasteiger partial charge in [-0.3, -0.25) is 4.79 Å². The van der Waals surface area contributed by atoms with Crippen molar-refractivity contribution in [3.8, 4) is 0 Å². The summed E-state index contributed by atoms with van der Waals surface area (Å²) in [7, 11) is 3.43. The molecule has 0 aliphatic carbocycles. The normalized spacial score (nSPS) is 22.1. The number of carbonyl (C=O) groups is 1. The smallest absolute Gasteiger partial charge is 0.246 e. The molecule has 3 rings (SSSR count). The zero-order valence-electron chi connectivity index (χ0n) is 9.23. The predicted octanol–water partition coefficient (Wildman–Crippen LogP) is 0.825. The van der Waals surface area contributed by atoms with E-state index in [4.69, 9.17) is 4.74 Å². The number of methoxy groups -OCH3 is 1. The number of nitrogens with zero attached hydrogens (tertiary/aromatic N) is 2. The van der Waals surface area contributed by atoms with Crippen LogP contribution in [0.1, 0.15) is 0 Å². The number of carbonyl (C=O) groups excluding carboxylic acids is 1. The van der Waals surface area contributed by atoms with Gasteiger partial charge in [-0.05, 0) is 12.1 Å². The van der Waals surface area contributed by atoms with E-state index in [2.05, 4.69) is 5.32 Å². The third-order valence-electron chi connectivity index (χ3n) is 3.13. The molecule has 16 heavy (non-hydrogen) atoms. The van der Waals surface area contributed by atoms with Crippen molar-refractivity contribution in [2.45, 2.75) is 6.35 Å². The summed E-state index contributed by atoms with van der Waals surface area (Å²) < 4.78 is 5.31. The quantitative estimate of drug-likeness (QED) is 0.759. The molecular weight excluding hydrogens is 206 g/mol. The molecule has 84 valence electrons. The van der Waals surface area contributed by atoms with E-state index in [-0.39, 0.29) is 12.3 Å². The van der Waals surface area contributed by atoms with Crippen molar-refractivity contribution in [1.29, 1.82) is 0 Å². The number of likely N-dealkylation sites (N-methyl/N-ethyl adjacent to an activating group) is 1. The third kappa shape index (κ3) is 1.06. The lowest BCUT2D eigenvalue weighted by Crippen LogP contribution is -2.48. The molecule has 1 aromatic rings. The van der Waals surface area contributed by atoms with Crippen molar-refractivity contribution >= 4 is 23.0 Å². The summed E-state index contributed by atoms with van der Waals surface area (Å²) in [6.07, 6.45) is -0.242. The summed E-state index contributed by atoms with van der Waals surface area (Å²) in [5, 5.41) is 3.23. The highest BCUT2D eigenvalue weighted by molar-refractivity contribution is 6.06. The van der Waals surface area contributed by atoms with Crippen LogP contribution in [-0.2, 0) is 9.53 Å². The van der Waals surface area contributed by atoms with Gasteiger partial charge >= 0.3 is 0 Å². The van der Waals surface area contributed by atoms with Crippen molar-refractivity contribution in [3.05, 3.63) is 18.2 Å². The van der Waals surface area contributed by atoms with Crippen molar-refractivity contribution in [1.82, 2.24) is 0 Å². The lowest BCUT2D eigenvalue weighted by atomic mass is 10.1. The van der Waals surface area contributed by atoms with Gasteiger partial charge < -0.3 is 19.9 Å². The Kier molecular flexibility index (Phi) is 1.85. The zero-order valence-corrected chi connectivity index (χ0v) is 9.23. The first-order valence-corrected chi connectivity index (χ1v) is 5.18. The second-order valence-electron chi connectivity index (χ2n) is 3.99. The van der Waals surface area contributed by atoms with Gasteiger partial charge in [0.2, 0.25) is 12.3 Å². The van der Waals surface area contributed by atoms with Gasteiger partial charge in [-0.1, -0.05) is 6.07 Å². The molecule has 5 heteroatoms. The Hall–Kier alpha value is -1.75. The number of amides is 1. The molecule has 0 saturated carbocycles. The topological polar surface area (TPSA) is 44.8 Å². The maximum absolute atomic E-state index is 11.8. The Morgan fingerprint density at radius 1 is 1.50 bits per heavy atom. The SMILES string of the molecule is COC1Nc2cccc3c2N1CC(=O)N3C. The second kappa shape index (κ2) is 3.12. The van der Waals surface area contributed by atoms with Crippen LogP contribution in [0.2, 0.25) is 0 Å². The van der Waals surface area contributed by atoms with Gasteiger partial charge in [-0.25, -0.2) is 0 Å². The summed E-state index contributed by atoms with van der Waals surface area (Å²) in [6.45, 7) is 0.353. The highest BCUT2D eigenvalue weighted by Gasteiger charge is 2.37. The van der Waals surface area contributed by atoms with Gasteiger partial charge in [0.15, 0.2) is 0 Å². The van der Waals surface area contributed by atoms with Gasteiger partial charge in [0.25, 0.3) is 0 Å². The molecule has 0 saturated heterocycles. The van der Waals surface area contributed by atoms with Gasteiger partial charge in [-0.15, -0.1) is 0 Å². The fraction of sp³-hybridized carbons (Fsp3) is 0.364. The lowest BCUT2D eigenvalue weighted by Gasteiger charge is -2.34. The fourth-order valence-electron chi connectivity index (χ4n) is 2.28. The number of ether oxygens (including phenoxy) is 1. The first kappa shape index (κ1) is 9.47. The molecule has 0 radical (unpaired) electrons. The monoisotopic (exact) mass is 219 g/mol. The number of anilines is 3. The van der Waals surface area contributed by atoms with Crippen molar-refractivity contribution in [3.63, 3.8) is 0 Å². The van der Waals surface area contributed by atoms with Crippen LogP contribution in [0.3, 0.4) is 0 Å². The molecule has 0 bridgehead atoms. The predicted molar refractivity (Wildman–Crippen MR) is 61.6 cm³/mol. The molecule has 1 amide bonds. The highest BCUT2D eigenvalue weighted by atomic mass is 16.5. The first-order chi connectivity index (χ1) is 7.72. The van der Waals surface area contributed by atoms with E-state index in [0.717, 1.165) is 17.1 Å². The molecule has 0 spiro atoms. The molecule has 2 aliphatic heterocycles. The number of hydrogen-bond donors (Lipinski definition) is 1. The molecule has 1 unspecified atom stereocenters. The second-order valence-corrected chi connectivity index (χ2v) is 3.99. The fourth-order valence-corrected chi connectivity index (χ4v) is 2.28. The minimum atomic E-state index is -0.242. The average molecular weight is 219 g/mol. The van der Waals surface area contributed by atoms with Crippen molar-refractivity contribution < 1.29 is 9.53 Å².